The van der Waals surface area contributed by atoms with Gasteiger partial charge in [0.1, 0.15) is 16.9 Å². The fourth-order valence-electron chi connectivity index (χ4n) is 3.46. The van der Waals surface area contributed by atoms with Crippen molar-refractivity contribution >= 4 is 40.1 Å². The Labute approximate surface area is 190 Å². The summed E-state index contributed by atoms with van der Waals surface area (Å²) >= 11 is 0. The average Bonchev–Trinajstić information content (AvgIpc) is 3.08. The fourth-order valence-corrected chi connectivity index (χ4v) is 3.46. The van der Waals surface area contributed by atoms with Gasteiger partial charge >= 0.3 is 0 Å². The molecule has 2 heterocycles. The van der Waals surface area contributed by atoms with Gasteiger partial charge in [0.05, 0.1) is 23.9 Å². The Hall–Kier alpha value is -4.14. The lowest BCUT2D eigenvalue weighted by Crippen LogP contribution is -2.25. The van der Waals surface area contributed by atoms with E-state index < -0.39 is 0 Å². The number of fused-ring (bicyclic) bond motifs is 2. The molecule has 2 aromatic carbocycles. The first-order chi connectivity index (χ1) is 16.0. The van der Waals surface area contributed by atoms with E-state index in [2.05, 4.69) is 27.3 Å². The van der Waals surface area contributed by atoms with Gasteiger partial charge in [-0.3, -0.25) is 4.79 Å². The molecule has 4 aromatic rings. The number of ether oxygens (including phenoxy) is 1. The number of unbranched alkanes of at least 4 members (excludes halogenated alkanes) is 1. The number of amides is 1. The van der Waals surface area contributed by atoms with Crippen LogP contribution in [0.1, 0.15) is 42.6 Å². The number of nitrogens with zero attached hydrogens (tertiary/aromatic N) is 4. The lowest BCUT2D eigenvalue weighted by molar-refractivity contribution is 0.0955. The van der Waals surface area contributed by atoms with Crippen molar-refractivity contribution in [3.8, 4) is 11.5 Å². The van der Waals surface area contributed by atoms with Crippen molar-refractivity contribution in [2.75, 3.05) is 18.9 Å². The van der Waals surface area contributed by atoms with Crippen LogP contribution in [-0.2, 0) is 0 Å². The van der Waals surface area contributed by atoms with Crippen molar-refractivity contribution in [2.24, 2.45) is 5.10 Å². The third-order valence-electron chi connectivity index (χ3n) is 5.12. The summed E-state index contributed by atoms with van der Waals surface area (Å²) in [6.07, 6.45) is 3.39. The van der Waals surface area contributed by atoms with Crippen molar-refractivity contribution in [3.63, 3.8) is 0 Å². The molecule has 0 radical (unpaired) electrons. The quantitative estimate of drug-likeness (QED) is 0.280. The van der Waals surface area contributed by atoms with Crippen molar-refractivity contribution < 1.29 is 14.6 Å². The molecule has 1 amide bonds. The molecule has 9 heteroatoms. The maximum absolute atomic E-state index is 13.0. The van der Waals surface area contributed by atoms with Crippen molar-refractivity contribution in [1.29, 1.82) is 0 Å². The molecule has 0 unspecified atom stereocenters. The van der Waals surface area contributed by atoms with Crippen LogP contribution in [0.3, 0.4) is 0 Å². The maximum atomic E-state index is 13.0. The molecule has 0 saturated carbocycles. The minimum atomic E-state index is -0.312. The molecule has 0 aliphatic carbocycles. The zero-order valence-corrected chi connectivity index (χ0v) is 18.6. The number of nitrogens with one attached hydrogen (secondary N) is 1. The van der Waals surface area contributed by atoms with Crippen LogP contribution < -0.4 is 15.8 Å². The second-order valence-corrected chi connectivity index (χ2v) is 7.47. The lowest BCUT2D eigenvalue weighted by Gasteiger charge is -2.06. The van der Waals surface area contributed by atoms with Crippen LogP contribution >= 0.6 is 0 Å². The van der Waals surface area contributed by atoms with Crippen LogP contribution in [0, 0.1) is 0 Å². The average molecular weight is 447 g/mol. The minimum Gasteiger partial charge on any atom is -0.504 e. The summed E-state index contributed by atoms with van der Waals surface area (Å²) in [5.41, 5.74) is 9.42. The largest absolute Gasteiger partial charge is 0.504 e. The lowest BCUT2D eigenvalue weighted by atomic mass is 10.2. The highest BCUT2D eigenvalue weighted by Crippen LogP contribution is 2.29. The number of carbonyl (C=O) groups is 1. The summed E-state index contributed by atoms with van der Waals surface area (Å²) in [7, 11) is 0. The zero-order valence-electron chi connectivity index (χ0n) is 18.6. The van der Waals surface area contributed by atoms with Gasteiger partial charge in [0.25, 0.3) is 5.91 Å². The number of nitrogens with two attached hydrogens (primary N) is 1. The smallest absolute Gasteiger partial charge is 0.257 e. The molecule has 0 spiro atoms. The van der Waals surface area contributed by atoms with Crippen LogP contribution in [-0.4, -0.2) is 45.0 Å². The van der Waals surface area contributed by atoms with Crippen LogP contribution in [0.25, 0.3) is 22.2 Å². The van der Waals surface area contributed by atoms with E-state index in [1.165, 1.54) is 10.7 Å². The predicted octanol–water partition coefficient (Wildman–Crippen LogP) is 3.68. The molecule has 0 saturated heterocycles. The molecule has 4 rings (SSSR count). The molecule has 0 fully saturated rings. The standard InChI is InChI=1S/C24H26N6O3/c1-3-5-12-26-24(32)20-21-23(29-17-9-7-6-8-16(17)28-21)30(22(20)25)27-14-15-10-11-18(31)19(13-15)33-4-2/h6-11,13-14,31H,3-5,12,25H2,1-2H3,(H,26,32)/b27-14-. The second-order valence-electron chi connectivity index (χ2n) is 7.47. The minimum absolute atomic E-state index is 0.0447. The second kappa shape index (κ2) is 9.56. The number of phenols is 1. The highest BCUT2D eigenvalue weighted by molar-refractivity contribution is 6.10. The Bertz CT molecular complexity index is 1350. The summed E-state index contributed by atoms with van der Waals surface area (Å²) in [4.78, 5) is 22.3. The topological polar surface area (TPSA) is 128 Å². The molecule has 170 valence electrons. The van der Waals surface area contributed by atoms with Gasteiger partial charge in [0.2, 0.25) is 0 Å². The Morgan fingerprint density at radius 2 is 1.97 bits per heavy atom. The van der Waals surface area contributed by atoms with E-state index in [-0.39, 0.29) is 23.0 Å². The highest BCUT2D eigenvalue weighted by atomic mass is 16.5. The van der Waals surface area contributed by atoms with Gasteiger partial charge in [-0.1, -0.05) is 25.5 Å². The third-order valence-corrected chi connectivity index (χ3v) is 5.12. The van der Waals surface area contributed by atoms with Crippen molar-refractivity contribution in [1.82, 2.24) is 20.0 Å². The molecule has 4 N–H and O–H groups in total. The van der Waals surface area contributed by atoms with Crippen molar-refractivity contribution in [3.05, 3.63) is 53.6 Å². The first-order valence-electron chi connectivity index (χ1n) is 10.9. The summed E-state index contributed by atoms with van der Waals surface area (Å²) in [6, 6.07) is 12.3. The van der Waals surface area contributed by atoms with Gasteiger partial charge in [-0.15, -0.1) is 0 Å². The summed E-state index contributed by atoms with van der Waals surface area (Å²) in [5.74, 6) is 0.235. The third kappa shape index (κ3) is 4.43. The Balaban J connectivity index is 1.82. The number of aromatic hydroxyl groups is 1. The van der Waals surface area contributed by atoms with E-state index in [0.29, 0.717) is 46.7 Å². The van der Waals surface area contributed by atoms with Gasteiger partial charge in [-0.05, 0) is 49.2 Å². The van der Waals surface area contributed by atoms with Crippen LogP contribution in [0.4, 0.5) is 5.82 Å². The first kappa shape index (κ1) is 22.1. The number of rotatable bonds is 8. The van der Waals surface area contributed by atoms with Crippen LogP contribution in [0.5, 0.6) is 11.5 Å². The van der Waals surface area contributed by atoms with Gasteiger partial charge in [0, 0.05) is 6.54 Å². The molecule has 0 atom stereocenters. The Morgan fingerprint density at radius 3 is 2.70 bits per heavy atom. The van der Waals surface area contributed by atoms with Gasteiger partial charge in [-0.25, -0.2) is 9.97 Å². The number of hydrogen-bond donors (Lipinski definition) is 3. The monoisotopic (exact) mass is 446 g/mol. The molecular weight excluding hydrogens is 420 g/mol. The van der Waals surface area contributed by atoms with Crippen LogP contribution in [0.15, 0.2) is 47.6 Å². The number of carbonyl (C=O) groups excluding carboxylic acids is 1. The molecule has 0 aliphatic rings. The number of nitrogen functional groups attached to an aromatic ring is 1. The Kier molecular flexibility index (Phi) is 6.39. The highest BCUT2D eigenvalue weighted by Gasteiger charge is 2.23. The van der Waals surface area contributed by atoms with E-state index in [1.54, 1.807) is 18.3 Å². The SMILES string of the molecule is CCCCNC(=O)c1c(N)n(/N=C\c2ccc(O)c(OCC)c2)c2nc3ccccc3nc12. The summed E-state index contributed by atoms with van der Waals surface area (Å²) < 4.78 is 6.85. The van der Waals surface area contributed by atoms with E-state index in [0.717, 1.165) is 12.8 Å². The first-order valence-corrected chi connectivity index (χ1v) is 10.9. The molecular formula is C24H26N6O3. The predicted molar refractivity (Wildman–Crippen MR) is 129 cm³/mol. The Morgan fingerprint density at radius 1 is 1.21 bits per heavy atom. The van der Waals surface area contributed by atoms with Crippen molar-refractivity contribution in [2.45, 2.75) is 26.7 Å². The van der Waals surface area contributed by atoms with Gasteiger partial charge in [0.15, 0.2) is 17.1 Å². The van der Waals surface area contributed by atoms with E-state index in [1.807, 2.05) is 31.2 Å². The number of hydrogen-bond acceptors (Lipinski definition) is 7. The van der Waals surface area contributed by atoms with Gasteiger partial charge in [-0.2, -0.15) is 9.78 Å². The normalized spacial score (nSPS) is 11.5. The molecule has 0 aliphatic heterocycles. The molecule has 9 nitrogen and oxygen atoms in total. The van der Waals surface area contributed by atoms with Crippen LogP contribution in [0.2, 0.25) is 0 Å². The van der Waals surface area contributed by atoms with E-state index in [4.69, 9.17) is 10.5 Å². The number of anilines is 1. The molecule has 33 heavy (non-hydrogen) atoms. The number of benzene rings is 2. The van der Waals surface area contributed by atoms with Gasteiger partial charge < -0.3 is 20.9 Å². The number of para-hydroxylation sites is 2. The zero-order chi connectivity index (χ0) is 23.4. The fraction of sp³-hybridized carbons (Fsp3) is 0.250. The number of aromatic nitrogens is 3. The number of phenolic OH excluding ortho intramolecular Hbond substituents is 1. The van der Waals surface area contributed by atoms with E-state index in [9.17, 15) is 9.90 Å². The maximum Gasteiger partial charge on any atom is 0.257 e. The molecule has 0 bridgehead atoms. The van der Waals surface area contributed by atoms with E-state index >= 15 is 0 Å². The molecule has 2 aromatic heterocycles. The summed E-state index contributed by atoms with van der Waals surface area (Å²) in [5, 5.41) is 17.3. The summed E-state index contributed by atoms with van der Waals surface area (Å²) in [6.45, 7) is 4.85.